The molecule has 0 saturated heterocycles. The predicted octanol–water partition coefficient (Wildman–Crippen LogP) is 3.80. The van der Waals surface area contributed by atoms with Gasteiger partial charge in [-0.05, 0) is 54.4 Å². The maximum atomic E-state index is 13.0. The lowest BCUT2D eigenvalue weighted by Crippen LogP contribution is -2.51. The molecule has 0 radical (unpaired) electrons. The Morgan fingerprint density at radius 3 is 2.77 bits per heavy atom. The molecule has 152 valence electrons. The van der Waals surface area contributed by atoms with Crippen LogP contribution in [0.25, 0.3) is 0 Å². The SMILES string of the molecule is CC1(C(=O)NCc2ccnc(Oc3ccc(F)cc3)c2)Cc2ccccc2C(=O)O1. The number of cyclic esters (lactones) is 1. The number of esters is 1. The Hall–Kier alpha value is -3.74. The number of hydrogen-bond donors (Lipinski definition) is 1. The van der Waals surface area contributed by atoms with E-state index in [1.54, 1.807) is 37.4 Å². The molecule has 0 fully saturated rings. The number of nitrogens with one attached hydrogen (secondary N) is 1. The fraction of sp³-hybridized carbons (Fsp3) is 0.174. The van der Waals surface area contributed by atoms with Crippen molar-refractivity contribution in [3.63, 3.8) is 0 Å². The molecule has 1 aromatic heterocycles. The molecule has 1 unspecified atom stereocenters. The standard InChI is InChI=1S/C23H19FN2O4/c1-23(13-16-4-2-3-5-19(16)21(27)30-23)22(28)26-14-15-10-11-25-20(12-15)29-18-8-6-17(24)7-9-18/h2-12H,13-14H2,1H3,(H,26,28). The summed E-state index contributed by atoms with van der Waals surface area (Å²) in [5.41, 5.74) is 0.734. The fourth-order valence-corrected chi connectivity index (χ4v) is 3.27. The van der Waals surface area contributed by atoms with E-state index in [1.165, 1.54) is 24.3 Å². The van der Waals surface area contributed by atoms with Crippen LogP contribution in [0.5, 0.6) is 11.6 Å². The highest BCUT2D eigenvalue weighted by atomic mass is 19.1. The molecule has 2 heterocycles. The molecule has 6 nitrogen and oxygen atoms in total. The molecule has 7 heteroatoms. The van der Waals surface area contributed by atoms with E-state index in [-0.39, 0.29) is 18.3 Å². The van der Waals surface area contributed by atoms with E-state index in [2.05, 4.69) is 10.3 Å². The van der Waals surface area contributed by atoms with Gasteiger partial charge in [-0.15, -0.1) is 0 Å². The summed E-state index contributed by atoms with van der Waals surface area (Å²) in [5, 5.41) is 2.81. The molecular formula is C23H19FN2O4. The van der Waals surface area contributed by atoms with Crippen molar-refractivity contribution in [2.24, 2.45) is 0 Å². The predicted molar refractivity (Wildman–Crippen MR) is 107 cm³/mol. The topological polar surface area (TPSA) is 77.5 Å². The third-order valence-electron chi connectivity index (χ3n) is 4.85. The van der Waals surface area contributed by atoms with Gasteiger partial charge in [0.2, 0.25) is 5.88 Å². The Bertz CT molecular complexity index is 1100. The number of carbonyl (C=O) groups is 2. The van der Waals surface area contributed by atoms with Crippen LogP contribution < -0.4 is 10.1 Å². The lowest BCUT2D eigenvalue weighted by atomic mass is 9.89. The lowest BCUT2D eigenvalue weighted by Gasteiger charge is -2.33. The summed E-state index contributed by atoms with van der Waals surface area (Å²) < 4.78 is 24.1. The molecule has 4 rings (SSSR count). The average Bonchev–Trinajstić information content (AvgIpc) is 2.74. The number of halogens is 1. The fourth-order valence-electron chi connectivity index (χ4n) is 3.27. The van der Waals surface area contributed by atoms with Crippen LogP contribution in [0.2, 0.25) is 0 Å². The third-order valence-corrected chi connectivity index (χ3v) is 4.85. The summed E-state index contributed by atoms with van der Waals surface area (Å²) in [5.74, 6) is -0.481. The molecule has 30 heavy (non-hydrogen) atoms. The molecule has 0 spiro atoms. The highest BCUT2D eigenvalue weighted by Gasteiger charge is 2.42. The van der Waals surface area contributed by atoms with Crippen LogP contribution in [0.15, 0.2) is 66.9 Å². The summed E-state index contributed by atoms with van der Waals surface area (Å²) in [6.45, 7) is 1.81. The van der Waals surface area contributed by atoms with E-state index >= 15 is 0 Å². The highest BCUT2D eigenvalue weighted by molar-refractivity contribution is 5.97. The molecular weight excluding hydrogens is 387 g/mol. The summed E-state index contributed by atoms with van der Waals surface area (Å²) >= 11 is 0. The van der Waals surface area contributed by atoms with Crippen LogP contribution >= 0.6 is 0 Å². The number of benzene rings is 2. The number of ether oxygens (including phenoxy) is 2. The van der Waals surface area contributed by atoms with E-state index in [1.807, 2.05) is 12.1 Å². The van der Waals surface area contributed by atoms with Gasteiger partial charge in [0.1, 0.15) is 11.6 Å². The number of nitrogens with zero attached hydrogens (tertiary/aromatic N) is 1. The summed E-state index contributed by atoms with van der Waals surface area (Å²) in [7, 11) is 0. The number of fused-ring (bicyclic) bond motifs is 1. The molecule has 2 aromatic carbocycles. The van der Waals surface area contributed by atoms with E-state index in [9.17, 15) is 14.0 Å². The van der Waals surface area contributed by atoms with Crippen molar-refractivity contribution in [3.05, 3.63) is 89.4 Å². The van der Waals surface area contributed by atoms with E-state index < -0.39 is 11.6 Å². The van der Waals surface area contributed by atoms with Crippen LogP contribution in [0.4, 0.5) is 4.39 Å². The lowest BCUT2D eigenvalue weighted by molar-refractivity contribution is -0.140. The molecule has 0 aliphatic carbocycles. The monoisotopic (exact) mass is 406 g/mol. The molecule has 1 N–H and O–H groups in total. The highest BCUT2D eigenvalue weighted by Crippen LogP contribution is 2.28. The molecule has 0 saturated carbocycles. The first kappa shape index (κ1) is 19.6. The van der Waals surface area contributed by atoms with E-state index in [4.69, 9.17) is 9.47 Å². The Labute approximate surface area is 172 Å². The molecule has 0 bridgehead atoms. The Morgan fingerprint density at radius 2 is 1.97 bits per heavy atom. The van der Waals surface area contributed by atoms with Crippen molar-refractivity contribution in [2.75, 3.05) is 0 Å². The zero-order valence-corrected chi connectivity index (χ0v) is 16.2. The largest absolute Gasteiger partial charge is 0.445 e. The average molecular weight is 406 g/mol. The Kier molecular flexibility index (Phi) is 5.18. The number of hydrogen-bond acceptors (Lipinski definition) is 5. The van der Waals surface area contributed by atoms with E-state index in [0.717, 1.165) is 11.1 Å². The molecule has 3 aromatic rings. The number of carbonyl (C=O) groups excluding carboxylic acids is 2. The second-order valence-corrected chi connectivity index (χ2v) is 7.20. The van der Waals surface area contributed by atoms with Gasteiger partial charge in [0.25, 0.3) is 5.91 Å². The van der Waals surface area contributed by atoms with Gasteiger partial charge in [-0.2, -0.15) is 0 Å². The van der Waals surface area contributed by atoms with Gasteiger partial charge in [-0.1, -0.05) is 18.2 Å². The van der Waals surface area contributed by atoms with Crippen molar-refractivity contribution >= 4 is 11.9 Å². The summed E-state index contributed by atoms with van der Waals surface area (Å²) in [6.07, 6.45) is 1.86. The van der Waals surface area contributed by atoms with Crippen LogP contribution in [0.3, 0.4) is 0 Å². The van der Waals surface area contributed by atoms with Crippen LogP contribution in [0.1, 0.15) is 28.4 Å². The minimum atomic E-state index is -1.29. The van der Waals surface area contributed by atoms with Gasteiger partial charge >= 0.3 is 5.97 Å². The zero-order chi connectivity index (χ0) is 21.1. The third kappa shape index (κ3) is 4.15. The van der Waals surface area contributed by atoms with Crippen molar-refractivity contribution in [1.82, 2.24) is 10.3 Å². The van der Waals surface area contributed by atoms with E-state index in [0.29, 0.717) is 23.6 Å². The van der Waals surface area contributed by atoms with Crippen molar-refractivity contribution in [1.29, 1.82) is 0 Å². The molecule has 1 aliphatic rings. The quantitative estimate of drug-likeness (QED) is 0.652. The Balaban J connectivity index is 1.41. The number of pyridine rings is 1. The van der Waals surface area contributed by atoms with Crippen molar-refractivity contribution < 1.29 is 23.5 Å². The second-order valence-electron chi connectivity index (χ2n) is 7.20. The first-order valence-corrected chi connectivity index (χ1v) is 9.41. The van der Waals surface area contributed by atoms with Crippen LogP contribution in [-0.2, 0) is 22.5 Å². The minimum Gasteiger partial charge on any atom is -0.445 e. The molecule has 1 amide bonds. The maximum Gasteiger partial charge on any atom is 0.339 e. The first-order chi connectivity index (χ1) is 14.4. The summed E-state index contributed by atoms with van der Waals surface area (Å²) in [4.78, 5) is 29.2. The van der Waals surface area contributed by atoms with Gasteiger partial charge < -0.3 is 14.8 Å². The van der Waals surface area contributed by atoms with Crippen LogP contribution in [0, 0.1) is 5.82 Å². The molecule has 1 aliphatic heterocycles. The van der Waals surface area contributed by atoms with Gasteiger partial charge in [-0.3, -0.25) is 4.79 Å². The minimum absolute atomic E-state index is 0.204. The van der Waals surface area contributed by atoms with Crippen LogP contribution in [-0.4, -0.2) is 22.5 Å². The van der Waals surface area contributed by atoms with Gasteiger partial charge in [0.05, 0.1) is 5.56 Å². The Morgan fingerprint density at radius 1 is 1.20 bits per heavy atom. The zero-order valence-electron chi connectivity index (χ0n) is 16.2. The first-order valence-electron chi connectivity index (χ1n) is 9.41. The van der Waals surface area contributed by atoms with Crippen molar-refractivity contribution in [3.8, 4) is 11.6 Å². The molecule has 1 atom stereocenters. The smallest absolute Gasteiger partial charge is 0.339 e. The number of amides is 1. The number of aromatic nitrogens is 1. The van der Waals surface area contributed by atoms with Gasteiger partial charge in [0, 0.05) is 25.2 Å². The normalized spacial score (nSPS) is 17.6. The second kappa shape index (κ2) is 7.94. The van der Waals surface area contributed by atoms with Gasteiger partial charge in [-0.25, -0.2) is 14.2 Å². The maximum absolute atomic E-state index is 13.0. The number of rotatable bonds is 5. The summed E-state index contributed by atoms with van der Waals surface area (Å²) in [6, 6.07) is 16.1. The van der Waals surface area contributed by atoms with Gasteiger partial charge in [0.15, 0.2) is 5.60 Å². The van der Waals surface area contributed by atoms with Crippen molar-refractivity contribution in [2.45, 2.75) is 25.5 Å².